The topological polar surface area (TPSA) is 48.0 Å². The molecule has 0 unspecified atom stereocenters. The van der Waals surface area contributed by atoms with Crippen LogP contribution in [0.1, 0.15) is 49.8 Å². The van der Waals surface area contributed by atoms with Crippen LogP contribution in [0.2, 0.25) is 0 Å². The number of nitrogens with two attached hydrogens (primary N) is 1. The van der Waals surface area contributed by atoms with E-state index in [1.54, 1.807) is 6.07 Å². The van der Waals surface area contributed by atoms with Crippen molar-refractivity contribution in [3.8, 4) is 0 Å². The lowest BCUT2D eigenvalue weighted by Gasteiger charge is -2.28. The summed E-state index contributed by atoms with van der Waals surface area (Å²) in [5.74, 6) is 0.585. The van der Waals surface area contributed by atoms with E-state index in [-0.39, 0.29) is 5.56 Å². The molecule has 2 fully saturated rings. The van der Waals surface area contributed by atoms with Gasteiger partial charge in [0.05, 0.1) is 0 Å². The molecule has 3 rings (SSSR count). The van der Waals surface area contributed by atoms with E-state index in [4.69, 9.17) is 5.73 Å². The minimum atomic E-state index is 0.0967. The van der Waals surface area contributed by atoms with Crippen molar-refractivity contribution in [3.05, 3.63) is 28.2 Å². The lowest BCUT2D eigenvalue weighted by molar-refractivity contribution is 0.392. The number of nitrogen functional groups attached to an aromatic ring is 1. The van der Waals surface area contributed by atoms with Crippen LogP contribution in [0.3, 0.4) is 0 Å². The van der Waals surface area contributed by atoms with Crippen LogP contribution in [0.15, 0.2) is 16.9 Å². The molecule has 0 atom stereocenters. The second kappa shape index (κ2) is 3.12. The number of rotatable bonds is 2. The monoisotopic (exact) mass is 204 g/mol. The number of anilines is 1. The van der Waals surface area contributed by atoms with Gasteiger partial charge < -0.3 is 10.3 Å². The van der Waals surface area contributed by atoms with Crippen molar-refractivity contribution in [3.63, 3.8) is 0 Å². The van der Waals surface area contributed by atoms with E-state index in [0.717, 1.165) is 12.8 Å². The summed E-state index contributed by atoms with van der Waals surface area (Å²) in [4.78, 5) is 11.9. The zero-order valence-corrected chi connectivity index (χ0v) is 8.78. The van der Waals surface area contributed by atoms with Gasteiger partial charge in [0, 0.05) is 23.5 Å². The standard InChI is InChI=1S/C12H16N2O/c13-9-6-11(8-2-1-3-8)14(10-4-5-10)12(15)7-9/h6-8,10H,1-5,13H2. The fraction of sp³-hybridized carbons (Fsp3) is 0.583. The minimum Gasteiger partial charge on any atom is -0.399 e. The fourth-order valence-corrected chi connectivity index (χ4v) is 2.36. The molecular weight excluding hydrogens is 188 g/mol. The van der Waals surface area contributed by atoms with Crippen molar-refractivity contribution in [1.82, 2.24) is 4.57 Å². The molecule has 2 N–H and O–H groups in total. The first kappa shape index (κ1) is 9.01. The van der Waals surface area contributed by atoms with Gasteiger partial charge in [-0.1, -0.05) is 6.42 Å². The maximum absolute atomic E-state index is 11.9. The predicted molar refractivity (Wildman–Crippen MR) is 60.0 cm³/mol. The number of aromatic nitrogens is 1. The molecule has 2 saturated carbocycles. The first-order valence-corrected chi connectivity index (χ1v) is 5.77. The fourth-order valence-electron chi connectivity index (χ4n) is 2.36. The van der Waals surface area contributed by atoms with Crippen molar-refractivity contribution in [2.75, 3.05) is 5.73 Å². The zero-order valence-electron chi connectivity index (χ0n) is 8.78. The number of hydrogen-bond donors (Lipinski definition) is 1. The van der Waals surface area contributed by atoms with Crippen molar-refractivity contribution in [2.45, 2.75) is 44.1 Å². The molecule has 1 aromatic rings. The highest BCUT2D eigenvalue weighted by Gasteiger charge is 2.31. The third-order valence-corrected chi connectivity index (χ3v) is 3.56. The average molecular weight is 204 g/mol. The summed E-state index contributed by atoms with van der Waals surface area (Å²) >= 11 is 0. The molecule has 0 bridgehead atoms. The number of nitrogens with zero attached hydrogens (tertiary/aromatic N) is 1. The lowest BCUT2D eigenvalue weighted by atomic mass is 9.82. The predicted octanol–water partition coefficient (Wildman–Crippen LogP) is 2.03. The van der Waals surface area contributed by atoms with E-state index >= 15 is 0 Å². The molecular formula is C12H16N2O. The summed E-state index contributed by atoms with van der Waals surface area (Å²) in [5, 5.41) is 0. The first-order chi connectivity index (χ1) is 7.25. The maximum Gasteiger partial charge on any atom is 0.253 e. The van der Waals surface area contributed by atoms with Crippen molar-refractivity contribution in [2.24, 2.45) is 0 Å². The largest absolute Gasteiger partial charge is 0.399 e. The molecule has 0 amide bonds. The van der Waals surface area contributed by atoms with Crippen LogP contribution in [-0.4, -0.2) is 4.57 Å². The van der Waals surface area contributed by atoms with E-state index in [1.807, 2.05) is 10.6 Å². The molecule has 0 saturated heterocycles. The van der Waals surface area contributed by atoms with Crippen molar-refractivity contribution in [1.29, 1.82) is 0 Å². The normalized spacial score (nSPS) is 21.3. The van der Waals surface area contributed by atoms with Gasteiger partial charge in [-0.15, -0.1) is 0 Å². The van der Waals surface area contributed by atoms with Gasteiger partial charge in [-0.3, -0.25) is 4.79 Å². The molecule has 3 heteroatoms. The van der Waals surface area contributed by atoms with Crippen molar-refractivity contribution < 1.29 is 0 Å². The van der Waals surface area contributed by atoms with Crippen LogP contribution in [0.25, 0.3) is 0 Å². The second-order valence-corrected chi connectivity index (χ2v) is 4.78. The smallest absolute Gasteiger partial charge is 0.253 e. The van der Waals surface area contributed by atoms with Crippen LogP contribution in [0.4, 0.5) is 5.69 Å². The molecule has 0 spiro atoms. The molecule has 0 aromatic carbocycles. The number of hydrogen-bond acceptors (Lipinski definition) is 2. The Hall–Kier alpha value is -1.25. The molecule has 1 aromatic heterocycles. The average Bonchev–Trinajstić information content (AvgIpc) is 2.82. The highest BCUT2D eigenvalue weighted by Crippen LogP contribution is 2.41. The Morgan fingerprint density at radius 3 is 2.47 bits per heavy atom. The Morgan fingerprint density at radius 1 is 1.20 bits per heavy atom. The van der Waals surface area contributed by atoms with Gasteiger partial charge in [-0.25, -0.2) is 0 Å². The van der Waals surface area contributed by atoms with Crippen LogP contribution in [0, 0.1) is 0 Å². The third kappa shape index (κ3) is 1.46. The summed E-state index contributed by atoms with van der Waals surface area (Å²) in [5.41, 5.74) is 7.66. The van der Waals surface area contributed by atoms with Gasteiger partial charge in [-0.05, 0) is 37.7 Å². The zero-order chi connectivity index (χ0) is 10.4. The van der Waals surface area contributed by atoms with E-state index < -0.39 is 0 Å². The number of pyridine rings is 1. The molecule has 80 valence electrons. The van der Waals surface area contributed by atoms with E-state index in [2.05, 4.69) is 0 Å². The van der Waals surface area contributed by atoms with E-state index in [1.165, 1.54) is 25.0 Å². The van der Waals surface area contributed by atoms with Crippen LogP contribution in [0.5, 0.6) is 0 Å². The Bertz CT molecular complexity index is 441. The van der Waals surface area contributed by atoms with E-state index in [9.17, 15) is 4.79 Å². The SMILES string of the molecule is Nc1cc(C2CCC2)n(C2CC2)c(=O)c1. The van der Waals surface area contributed by atoms with Gasteiger partial charge in [0.25, 0.3) is 5.56 Å². The Labute approximate surface area is 88.9 Å². The van der Waals surface area contributed by atoms with Gasteiger partial charge in [0.1, 0.15) is 0 Å². The minimum absolute atomic E-state index is 0.0967. The summed E-state index contributed by atoms with van der Waals surface area (Å²) in [7, 11) is 0. The van der Waals surface area contributed by atoms with Crippen LogP contribution in [-0.2, 0) is 0 Å². The Morgan fingerprint density at radius 2 is 1.93 bits per heavy atom. The third-order valence-electron chi connectivity index (χ3n) is 3.56. The highest BCUT2D eigenvalue weighted by molar-refractivity contribution is 5.39. The molecule has 1 heterocycles. The van der Waals surface area contributed by atoms with Gasteiger partial charge in [-0.2, -0.15) is 0 Å². The lowest BCUT2D eigenvalue weighted by Crippen LogP contribution is -2.26. The molecule has 15 heavy (non-hydrogen) atoms. The first-order valence-electron chi connectivity index (χ1n) is 5.77. The van der Waals surface area contributed by atoms with Gasteiger partial charge in [0.15, 0.2) is 0 Å². The Kier molecular flexibility index (Phi) is 1.87. The van der Waals surface area contributed by atoms with Gasteiger partial charge in [0.2, 0.25) is 0 Å². The molecule has 2 aliphatic carbocycles. The maximum atomic E-state index is 11.9. The quantitative estimate of drug-likeness (QED) is 0.801. The molecule has 3 nitrogen and oxygen atoms in total. The summed E-state index contributed by atoms with van der Waals surface area (Å²) in [6, 6.07) is 4.03. The van der Waals surface area contributed by atoms with E-state index in [0.29, 0.717) is 17.6 Å². The summed E-state index contributed by atoms with van der Waals surface area (Å²) in [6.45, 7) is 0. The Balaban J connectivity index is 2.11. The molecule has 2 aliphatic rings. The second-order valence-electron chi connectivity index (χ2n) is 4.78. The van der Waals surface area contributed by atoms with Crippen molar-refractivity contribution >= 4 is 5.69 Å². The van der Waals surface area contributed by atoms with Gasteiger partial charge >= 0.3 is 0 Å². The highest BCUT2D eigenvalue weighted by atomic mass is 16.1. The summed E-state index contributed by atoms with van der Waals surface area (Å²) < 4.78 is 1.99. The molecule has 0 radical (unpaired) electrons. The summed E-state index contributed by atoms with van der Waals surface area (Å²) in [6.07, 6.45) is 6.04. The molecule has 0 aliphatic heterocycles. The van der Waals surface area contributed by atoms with Crippen LogP contribution >= 0.6 is 0 Å². The van der Waals surface area contributed by atoms with Crippen LogP contribution < -0.4 is 11.3 Å².